The monoisotopic (exact) mass is 214 g/mol. The molecular formula is C8H20N7. The maximum absolute atomic E-state index is 6.90. The standard InChI is InChI=1S/C8H20N7/c9-7(10)14-5-1-3-13-4-2-6-15-8(11)12/h1-6H2,(H4,9,10,14)(H4,11,12,15). The van der Waals surface area contributed by atoms with Gasteiger partial charge in [-0.2, -0.15) is 0 Å². The molecule has 0 heterocycles. The second kappa shape index (κ2) is 9.07. The van der Waals surface area contributed by atoms with Crippen molar-refractivity contribution in [2.45, 2.75) is 12.8 Å². The van der Waals surface area contributed by atoms with Gasteiger partial charge in [0, 0.05) is 26.2 Å². The molecule has 0 aromatic heterocycles. The van der Waals surface area contributed by atoms with E-state index in [4.69, 9.17) is 22.3 Å². The van der Waals surface area contributed by atoms with Gasteiger partial charge in [0.1, 0.15) is 0 Å². The van der Waals surface area contributed by atoms with Gasteiger partial charge in [-0.15, -0.1) is 0 Å². The first-order chi connectivity index (χ1) is 7.13. The summed E-state index contributed by atoms with van der Waals surface area (Å²) in [6.07, 6.45) is 1.75. The van der Waals surface area contributed by atoms with Crippen LogP contribution in [-0.2, 0) is 0 Å². The molecule has 7 heteroatoms. The number of hydrogen-bond acceptors (Lipinski definition) is 2. The third-order valence-electron chi connectivity index (χ3n) is 1.62. The minimum absolute atomic E-state index is 0.000609. The van der Waals surface area contributed by atoms with Crippen molar-refractivity contribution in [1.82, 2.24) is 16.0 Å². The van der Waals surface area contributed by atoms with E-state index < -0.39 is 0 Å². The highest BCUT2D eigenvalue weighted by molar-refractivity contribution is 5.74. The van der Waals surface area contributed by atoms with Crippen LogP contribution in [0, 0.1) is 10.8 Å². The number of nitrogens with zero attached hydrogens (tertiary/aromatic N) is 1. The molecule has 15 heavy (non-hydrogen) atoms. The lowest BCUT2D eigenvalue weighted by molar-refractivity contribution is 0.600. The van der Waals surface area contributed by atoms with Crippen LogP contribution < -0.4 is 27.4 Å². The Kier molecular flexibility index (Phi) is 8.16. The average molecular weight is 214 g/mol. The van der Waals surface area contributed by atoms with Gasteiger partial charge in [0.2, 0.25) is 0 Å². The first kappa shape index (κ1) is 13.5. The summed E-state index contributed by atoms with van der Waals surface area (Å²) >= 11 is 0. The van der Waals surface area contributed by atoms with Crippen molar-refractivity contribution in [3.05, 3.63) is 0 Å². The molecule has 0 rings (SSSR count). The van der Waals surface area contributed by atoms with E-state index in [-0.39, 0.29) is 11.9 Å². The number of guanidine groups is 2. The SMILES string of the molecule is N=C(N)NCCC[N]CCCNC(=N)N. The van der Waals surface area contributed by atoms with Gasteiger partial charge in [-0.25, -0.2) is 5.32 Å². The molecule has 0 aliphatic carbocycles. The zero-order valence-corrected chi connectivity index (χ0v) is 8.84. The van der Waals surface area contributed by atoms with E-state index in [1.54, 1.807) is 0 Å². The molecule has 0 atom stereocenters. The minimum Gasteiger partial charge on any atom is -0.370 e. The van der Waals surface area contributed by atoms with Crippen LogP contribution >= 0.6 is 0 Å². The summed E-state index contributed by atoms with van der Waals surface area (Å²) in [4.78, 5) is 0. The normalized spacial score (nSPS) is 9.60. The Morgan fingerprint density at radius 2 is 1.33 bits per heavy atom. The lowest BCUT2D eigenvalue weighted by Crippen LogP contribution is -2.32. The van der Waals surface area contributed by atoms with Crippen LogP contribution in [0.3, 0.4) is 0 Å². The lowest BCUT2D eigenvalue weighted by atomic mass is 10.4. The van der Waals surface area contributed by atoms with Gasteiger partial charge in [-0.1, -0.05) is 0 Å². The van der Waals surface area contributed by atoms with Crippen LogP contribution in [0.5, 0.6) is 0 Å². The lowest BCUT2D eigenvalue weighted by Gasteiger charge is -2.05. The first-order valence-corrected chi connectivity index (χ1v) is 4.92. The molecule has 7 nitrogen and oxygen atoms in total. The van der Waals surface area contributed by atoms with Crippen molar-refractivity contribution in [2.24, 2.45) is 11.5 Å². The Bertz CT molecular complexity index is 171. The highest BCUT2D eigenvalue weighted by atomic mass is 15.0. The van der Waals surface area contributed by atoms with Gasteiger partial charge < -0.3 is 22.1 Å². The Hall–Kier alpha value is -1.50. The summed E-state index contributed by atoms with van der Waals surface area (Å²) in [5, 5.41) is 23.5. The van der Waals surface area contributed by atoms with Crippen LogP contribution in [0.1, 0.15) is 12.8 Å². The fourth-order valence-corrected chi connectivity index (χ4v) is 0.940. The summed E-state index contributed by atoms with van der Waals surface area (Å²) in [5.41, 5.74) is 10.2. The number of hydrogen-bond donors (Lipinski definition) is 6. The van der Waals surface area contributed by atoms with Gasteiger partial charge in [0.05, 0.1) is 0 Å². The predicted octanol–water partition coefficient (Wildman–Crippen LogP) is -1.66. The van der Waals surface area contributed by atoms with Crippen LogP contribution in [-0.4, -0.2) is 38.1 Å². The van der Waals surface area contributed by atoms with E-state index >= 15 is 0 Å². The Labute approximate surface area is 90.0 Å². The molecule has 8 N–H and O–H groups in total. The molecule has 0 aliphatic rings. The van der Waals surface area contributed by atoms with E-state index in [2.05, 4.69) is 16.0 Å². The van der Waals surface area contributed by atoms with Crippen molar-refractivity contribution in [2.75, 3.05) is 26.2 Å². The maximum Gasteiger partial charge on any atom is 0.185 e. The molecule has 0 fully saturated rings. The van der Waals surface area contributed by atoms with E-state index in [9.17, 15) is 0 Å². The summed E-state index contributed by atoms with van der Waals surface area (Å²) in [6, 6.07) is 0. The van der Waals surface area contributed by atoms with Gasteiger partial charge in [0.15, 0.2) is 11.9 Å². The number of rotatable bonds is 8. The summed E-state index contributed by atoms with van der Waals surface area (Å²) in [7, 11) is 0. The summed E-state index contributed by atoms with van der Waals surface area (Å²) in [5.74, 6) is 0.00122. The molecule has 87 valence electrons. The number of nitrogens with one attached hydrogen (secondary N) is 4. The highest BCUT2D eigenvalue weighted by Gasteiger charge is 1.92. The highest BCUT2D eigenvalue weighted by Crippen LogP contribution is 1.78. The van der Waals surface area contributed by atoms with E-state index in [1.165, 1.54) is 0 Å². The quantitative estimate of drug-likeness (QED) is 0.163. The molecule has 1 radical (unpaired) electrons. The van der Waals surface area contributed by atoms with Gasteiger partial charge >= 0.3 is 0 Å². The molecule has 0 aromatic carbocycles. The zero-order chi connectivity index (χ0) is 11.5. The van der Waals surface area contributed by atoms with Crippen LogP contribution in [0.15, 0.2) is 0 Å². The molecular weight excluding hydrogens is 194 g/mol. The Morgan fingerprint density at radius 1 is 0.933 bits per heavy atom. The van der Waals surface area contributed by atoms with Gasteiger partial charge in [-0.3, -0.25) is 10.8 Å². The van der Waals surface area contributed by atoms with Crippen molar-refractivity contribution >= 4 is 11.9 Å². The molecule has 0 saturated carbocycles. The third kappa shape index (κ3) is 12.5. The molecule has 0 amide bonds. The topological polar surface area (TPSA) is 138 Å². The van der Waals surface area contributed by atoms with E-state index in [1.807, 2.05) is 0 Å². The zero-order valence-electron chi connectivity index (χ0n) is 8.84. The summed E-state index contributed by atoms with van der Waals surface area (Å²) in [6.45, 7) is 2.90. The molecule has 0 saturated heterocycles. The van der Waals surface area contributed by atoms with Crippen molar-refractivity contribution in [3.63, 3.8) is 0 Å². The van der Waals surface area contributed by atoms with Gasteiger partial charge in [-0.05, 0) is 12.8 Å². The average Bonchev–Trinajstić information content (AvgIpc) is 2.14. The number of nitrogens with two attached hydrogens (primary N) is 2. The van der Waals surface area contributed by atoms with E-state index in [0.29, 0.717) is 13.1 Å². The second-order valence-electron chi connectivity index (χ2n) is 3.06. The fraction of sp³-hybridized carbons (Fsp3) is 0.750. The van der Waals surface area contributed by atoms with E-state index in [0.717, 1.165) is 25.9 Å². The molecule has 0 unspecified atom stereocenters. The van der Waals surface area contributed by atoms with Crippen molar-refractivity contribution in [3.8, 4) is 0 Å². The van der Waals surface area contributed by atoms with Crippen molar-refractivity contribution in [1.29, 1.82) is 10.8 Å². The molecule has 0 aromatic rings. The minimum atomic E-state index is 0.000609. The Morgan fingerprint density at radius 3 is 1.67 bits per heavy atom. The fourth-order valence-electron chi connectivity index (χ4n) is 0.940. The van der Waals surface area contributed by atoms with Crippen LogP contribution in [0.25, 0.3) is 0 Å². The predicted molar refractivity (Wildman–Crippen MR) is 60.9 cm³/mol. The second-order valence-corrected chi connectivity index (χ2v) is 3.06. The molecule has 0 aliphatic heterocycles. The molecule has 0 bridgehead atoms. The van der Waals surface area contributed by atoms with Crippen LogP contribution in [0.4, 0.5) is 0 Å². The van der Waals surface area contributed by atoms with Gasteiger partial charge in [0.25, 0.3) is 0 Å². The largest absolute Gasteiger partial charge is 0.370 e. The summed E-state index contributed by atoms with van der Waals surface area (Å²) < 4.78 is 0. The molecule has 0 spiro atoms. The third-order valence-corrected chi connectivity index (χ3v) is 1.62. The maximum atomic E-state index is 6.90. The van der Waals surface area contributed by atoms with Crippen LogP contribution in [0.2, 0.25) is 0 Å². The smallest absolute Gasteiger partial charge is 0.185 e. The first-order valence-electron chi connectivity index (χ1n) is 4.92. The van der Waals surface area contributed by atoms with Crippen molar-refractivity contribution < 1.29 is 0 Å². The Balaban J connectivity index is 2.99.